The summed E-state index contributed by atoms with van der Waals surface area (Å²) in [4.78, 5) is 25.7. The number of halogens is 1. The number of esters is 1. The number of aromatic hydroxyl groups is 1. The highest BCUT2D eigenvalue weighted by Crippen LogP contribution is 2.43. The van der Waals surface area contributed by atoms with Gasteiger partial charge in [0.2, 0.25) is 5.91 Å². The predicted molar refractivity (Wildman–Crippen MR) is 144 cm³/mol. The Morgan fingerprint density at radius 1 is 1.30 bits per heavy atom. The predicted octanol–water partition coefficient (Wildman–Crippen LogP) is 5.16. The molecule has 3 N–H and O–H groups in total. The lowest BCUT2D eigenvalue weighted by Gasteiger charge is -2.29. The van der Waals surface area contributed by atoms with E-state index in [0.717, 1.165) is 17.3 Å². The van der Waals surface area contributed by atoms with Gasteiger partial charge in [-0.25, -0.2) is 4.79 Å². The lowest BCUT2D eigenvalue weighted by atomic mass is 9.82. The van der Waals surface area contributed by atoms with E-state index < -0.39 is 11.9 Å². The first kappa shape index (κ1) is 27.7. The standard InChI is InChI=1S/C27H26ClN3O5S/c1-5-10-36-27(34)24-16(3)30-26(37-14-23(33)31-20-12-18(28)8-6-15(20)2)19(13-29)25(24)17-7-9-21(32)22(11-17)35-4/h5-9,11-12,25,30,32H,1,10,14H2,2-4H3,(H,31,33)/t25-/m1/s1. The number of rotatable bonds is 9. The number of methoxy groups -OCH3 is 1. The van der Waals surface area contributed by atoms with Gasteiger partial charge in [0.1, 0.15) is 6.61 Å². The molecule has 10 heteroatoms. The molecule has 1 amide bonds. The normalized spacial score (nSPS) is 14.9. The third kappa shape index (κ3) is 6.47. The average Bonchev–Trinajstić information content (AvgIpc) is 2.88. The van der Waals surface area contributed by atoms with Crippen molar-refractivity contribution in [3.8, 4) is 17.6 Å². The van der Waals surface area contributed by atoms with E-state index in [2.05, 4.69) is 23.3 Å². The van der Waals surface area contributed by atoms with E-state index >= 15 is 0 Å². The molecule has 0 saturated heterocycles. The fourth-order valence-corrected chi connectivity index (χ4v) is 4.83. The number of dihydropyridines is 1. The molecule has 0 radical (unpaired) electrons. The number of anilines is 1. The Morgan fingerprint density at radius 2 is 2.05 bits per heavy atom. The number of nitrogens with one attached hydrogen (secondary N) is 2. The van der Waals surface area contributed by atoms with Gasteiger partial charge in [0, 0.05) is 16.4 Å². The van der Waals surface area contributed by atoms with Crippen LogP contribution in [0.15, 0.2) is 70.9 Å². The van der Waals surface area contributed by atoms with Crippen LogP contribution in [0, 0.1) is 18.3 Å². The molecule has 3 rings (SSSR count). The average molecular weight is 540 g/mol. The molecule has 8 nitrogen and oxygen atoms in total. The lowest BCUT2D eigenvalue weighted by molar-refractivity contribution is -0.138. The molecule has 192 valence electrons. The number of hydrogen-bond donors (Lipinski definition) is 3. The molecular weight excluding hydrogens is 514 g/mol. The van der Waals surface area contributed by atoms with Crippen molar-refractivity contribution in [2.45, 2.75) is 19.8 Å². The topological polar surface area (TPSA) is 121 Å². The molecule has 1 aliphatic heterocycles. The van der Waals surface area contributed by atoms with E-state index in [1.807, 2.05) is 13.0 Å². The molecule has 1 aliphatic rings. The van der Waals surface area contributed by atoms with Crippen molar-refractivity contribution in [2.75, 3.05) is 24.8 Å². The number of nitrogens with zero attached hydrogens (tertiary/aromatic N) is 1. The minimum atomic E-state index is -0.821. The minimum absolute atomic E-state index is 0.00245. The summed E-state index contributed by atoms with van der Waals surface area (Å²) < 4.78 is 10.5. The number of carbonyl (C=O) groups excluding carboxylic acids is 2. The van der Waals surface area contributed by atoms with Crippen molar-refractivity contribution in [3.63, 3.8) is 0 Å². The number of nitriles is 1. The SMILES string of the molecule is C=CCOC(=O)C1=C(C)NC(SCC(=O)Nc2cc(Cl)ccc2C)=C(C#N)[C@H]1c1ccc(O)c(OC)c1. The molecule has 1 atom stereocenters. The maximum absolute atomic E-state index is 13.0. The lowest BCUT2D eigenvalue weighted by Crippen LogP contribution is -2.29. The number of ether oxygens (including phenoxy) is 2. The van der Waals surface area contributed by atoms with Gasteiger partial charge in [0.15, 0.2) is 11.5 Å². The zero-order chi connectivity index (χ0) is 27.1. The second-order valence-corrected chi connectivity index (χ2v) is 9.49. The first-order valence-electron chi connectivity index (χ1n) is 11.2. The number of phenolic OH excluding ortho intramolecular Hbond substituents is 1. The molecule has 0 aromatic heterocycles. The van der Waals surface area contributed by atoms with Gasteiger partial charge in [-0.3, -0.25) is 4.79 Å². The smallest absolute Gasteiger partial charge is 0.337 e. The van der Waals surface area contributed by atoms with Gasteiger partial charge in [0.25, 0.3) is 0 Å². The monoisotopic (exact) mass is 539 g/mol. The first-order chi connectivity index (χ1) is 17.7. The number of phenols is 1. The number of amides is 1. The molecule has 0 aliphatic carbocycles. The largest absolute Gasteiger partial charge is 0.504 e. The molecule has 0 unspecified atom stereocenters. The molecule has 0 saturated carbocycles. The van der Waals surface area contributed by atoms with E-state index in [1.165, 1.54) is 19.3 Å². The summed E-state index contributed by atoms with van der Waals surface area (Å²) >= 11 is 7.18. The summed E-state index contributed by atoms with van der Waals surface area (Å²) in [5.74, 6) is -1.62. The van der Waals surface area contributed by atoms with Crippen LogP contribution in [-0.4, -0.2) is 36.5 Å². The Bertz CT molecular complexity index is 1350. The summed E-state index contributed by atoms with van der Waals surface area (Å²) in [6.45, 7) is 7.12. The van der Waals surface area contributed by atoms with Crippen molar-refractivity contribution < 1.29 is 24.2 Å². The summed E-state index contributed by atoms with van der Waals surface area (Å²) in [6, 6.07) is 12.0. The number of aryl methyl sites for hydroxylation is 1. The fourth-order valence-electron chi connectivity index (χ4n) is 3.77. The van der Waals surface area contributed by atoms with E-state index in [0.29, 0.717) is 27.0 Å². The van der Waals surface area contributed by atoms with Crippen molar-refractivity contribution in [1.29, 1.82) is 5.26 Å². The van der Waals surface area contributed by atoms with Gasteiger partial charge in [-0.1, -0.05) is 48.2 Å². The van der Waals surface area contributed by atoms with Crippen LogP contribution in [0.1, 0.15) is 24.0 Å². The van der Waals surface area contributed by atoms with Crippen LogP contribution in [0.4, 0.5) is 5.69 Å². The molecular formula is C27H26ClN3O5S. The highest BCUT2D eigenvalue weighted by molar-refractivity contribution is 8.03. The van der Waals surface area contributed by atoms with Crippen LogP contribution >= 0.6 is 23.4 Å². The Labute approximate surface area is 224 Å². The summed E-state index contributed by atoms with van der Waals surface area (Å²) in [6.07, 6.45) is 1.45. The van der Waals surface area contributed by atoms with E-state index in [1.54, 1.807) is 31.2 Å². The molecule has 2 aromatic carbocycles. The molecule has 1 heterocycles. The maximum atomic E-state index is 13.0. The second-order valence-electron chi connectivity index (χ2n) is 8.07. The van der Waals surface area contributed by atoms with Crippen molar-refractivity contribution in [3.05, 3.63) is 87.1 Å². The van der Waals surface area contributed by atoms with Crippen molar-refractivity contribution in [2.24, 2.45) is 0 Å². The number of carbonyl (C=O) groups is 2. The zero-order valence-electron chi connectivity index (χ0n) is 20.6. The third-order valence-electron chi connectivity index (χ3n) is 5.56. The zero-order valence-corrected chi connectivity index (χ0v) is 22.1. The third-order valence-corrected chi connectivity index (χ3v) is 6.81. The van der Waals surface area contributed by atoms with Gasteiger partial charge in [-0.05, 0) is 49.2 Å². The summed E-state index contributed by atoms with van der Waals surface area (Å²) in [5.41, 5.74) is 2.92. The molecule has 37 heavy (non-hydrogen) atoms. The molecule has 2 aromatic rings. The van der Waals surface area contributed by atoms with Crippen LogP contribution in [0.3, 0.4) is 0 Å². The Balaban J connectivity index is 1.96. The highest BCUT2D eigenvalue weighted by Gasteiger charge is 2.36. The van der Waals surface area contributed by atoms with Gasteiger partial charge in [-0.2, -0.15) is 5.26 Å². The van der Waals surface area contributed by atoms with Crippen LogP contribution < -0.4 is 15.4 Å². The first-order valence-corrected chi connectivity index (χ1v) is 12.5. The molecule has 0 spiro atoms. The van der Waals surface area contributed by atoms with Gasteiger partial charge in [-0.15, -0.1) is 0 Å². The van der Waals surface area contributed by atoms with Gasteiger partial charge >= 0.3 is 5.97 Å². The van der Waals surface area contributed by atoms with Crippen molar-refractivity contribution >= 4 is 40.9 Å². The quantitative estimate of drug-likeness (QED) is 0.295. The minimum Gasteiger partial charge on any atom is -0.504 e. The molecule has 0 fully saturated rings. The second kappa shape index (κ2) is 12.4. The summed E-state index contributed by atoms with van der Waals surface area (Å²) in [7, 11) is 1.41. The van der Waals surface area contributed by atoms with Gasteiger partial charge in [0.05, 0.1) is 41.0 Å². The van der Waals surface area contributed by atoms with Crippen LogP contribution in [0.2, 0.25) is 5.02 Å². The Kier molecular flexibility index (Phi) is 9.28. The maximum Gasteiger partial charge on any atom is 0.337 e. The number of allylic oxidation sites excluding steroid dienone is 2. The molecule has 0 bridgehead atoms. The number of hydrogen-bond acceptors (Lipinski definition) is 8. The fraction of sp³-hybridized carbons (Fsp3) is 0.222. The Hall–Kier alpha value is -3.87. The number of benzene rings is 2. The van der Waals surface area contributed by atoms with Crippen molar-refractivity contribution in [1.82, 2.24) is 5.32 Å². The van der Waals surface area contributed by atoms with E-state index in [9.17, 15) is 20.0 Å². The van der Waals surface area contributed by atoms with Crippen LogP contribution in [-0.2, 0) is 14.3 Å². The summed E-state index contributed by atoms with van der Waals surface area (Å²) in [5, 5.41) is 27.1. The van der Waals surface area contributed by atoms with Gasteiger partial charge < -0.3 is 25.2 Å². The number of thioether (sulfide) groups is 1. The Morgan fingerprint density at radius 3 is 2.73 bits per heavy atom. The van der Waals surface area contributed by atoms with E-state index in [4.69, 9.17) is 21.1 Å². The highest BCUT2D eigenvalue weighted by atomic mass is 35.5. The van der Waals surface area contributed by atoms with E-state index in [-0.39, 0.29) is 40.9 Å². The van der Waals surface area contributed by atoms with Crippen LogP contribution in [0.25, 0.3) is 0 Å². The van der Waals surface area contributed by atoms with Crippen LogP contribution in [0.5, 0.6) is 11.5 Å².